The van der Waals surface area contributed by atoms with Crippen molar-refractivity contribution in [2.45, 2.75) is 59.6 Å². The summed E-state index contributed by atoms with van der Waals surface area (Å²) in [6, 6.07) is 12.2. The standard InChI is InChI=1S/C24H33Si2/c1-9-18-10-11-19-12-17(2)13-23(19)24(18)20-14-21(25(3,4)5)16-22(15-20)26(6,7)8/h10-16H,9H2,1-8H3. The maximum absolute atomic E-state index is 2.53. The average molecular weight is 378 g/mol. The van der Waals surface area contributed by atoms with Crippen molar-refractivity contribution in [2.75, 3.05) is 0 Å². The van der Waals surface area contributed by atoms with Crippen molar-refractivity contribution in [1.29, 1.82) is 0 Å². The fraction of sp³-hybridized carbons (Fsp3) is 0.375. The summed E-state index contributed by atoms with van der Waals surface area (Å²) in [5.74, 6) is 0. The summed E-state index contributed by atoms with van der Waals surface area (Å²) in [5.41, 5.74) is 8.55. The Morgan fingerprint density at radius 2 is 1.38 bits per heavy atom. The molecule has 0 nitrogen and oxygen atoms in total. The maximum Gasteiger partial charge on any atom is 0.0776 e. The van der Waals surface area contributed by atoms with Crippen LogP contribution in [-0.2, 0) is 6.42 Å². The summed E-state index contributed by atoms with van der Waals surface area (Å²) in [5, 5.41) is 3.18. The lowest BCUT2D eigenvalue weighted by Crippen LogP contribution is -2.45. The summed E-state index contributed by atoms with van der Waals surface area (Å²) in [7, 11) is -2.75. The van der Waals surface area contributed by atoms with Crippen LogP contribution in [0.4, 0.5) is 0 Å². The van der Waals surface area contributed by atoms with E-state index in [9.17, 15) is 0 Å². The second-order valence-corrected chi connectivity index (χ2v) is 19.9. The molecule has 0 spiro atoms. The Kier molecular flexibility index (Phi) is 4.96. The molecule has 0 bridgehead atoms. The minimum atomic E-state index is -1.38. The highest BCUT2D eigenvalue weighted by molar-refractivity contribution is 6.91. The zero-order chi connectivity index (χ0) is 19.3. The van der Waals surface area contributed by atoms with Gasteiger partial charge in [-0.05, 0) is 41.2 Å². The van der Waals surface area contributed by atoms with Crippen LogP contribution in [-0.4, -0.2) is 16.1 Å². The quantitative estimate of drug-likeness (QED) is 0.575. The fourth-order valence-corrected chi connectivity index (χ4v) is 6.25. The van der Waals surface area contributed by atoms with Crippen LogP contribution in [0.3, 0.4) is 0 Å². The molecule has 0 fully saturated rings. The van der Waals surface area contributed by atoms with Gasteiger partial charge in [0.05, 0.1) is 16.1 Å². The molecular formula is C24H33Si2. The van der Waals surface area contributed by atoms with E-state index >= 15 is 0 Å². The molecule has 0 amide bonds. The number of benzene rings is 2. The lowest BCUT2D eigenvalue weighted by atomic mass is 9.91. The van der Waals surface area contributed by atoms with E-state index in [0.29, 0.717) is 0 Å². The number of aryl methyl sites for hydroxylation is 1. The molecule has 2 aromatic carbocycles. The van der Waals surface area contributed by atoms with Gasteiger partial charge < -0.3 is 0 Å². The molecule has 2 aromatic rings. The number of hydrogen-bond donors (Lipinski definition) is 0. The van der Waals surface area contributed by atoms with Crippen molar-refractivity contribution in [1.82, 2.24) is 0 Å². The van der Waals surface area contributed by atoms with Gasteiger partial charge in [-0.1, -0.05) is 98.6 Å². The van der Waals surface area contributed by atoms with Crippen molar-refractivity contribution in [3.8, 4) is 11.1 Å². The normalized spacial score (nSPS) is 14.4. The van der Waals surface area contributed by atoms with Gasteiger partial charge in [-0.3, -0.25) is 0 Å². The van der Waals surface area contributed by atoms with Crippen molar-refractivity contribution < 1.29 is 0 Å². The second kappa shape index (κ2) is 6.65. The fourth-order valence-electron chi connectivity index (χ4n) is 3.75. The monoisotopic (exact) mass is 377 g/mol. The zero-order valence-electron chi connectivity index (χ0n) is 17.7. The van der Waals surface area contributed by atoms with Gasteiger partial charge in [0.1, 0.15) is 0 Å². The number of fused-ring (bicyclic) bond motifs is 1. The topological polar surface area (TPSA) is 0 Å². The first-order chi connectivity index (χ1) is 12.0. The van der Waals surface area contributed by atoms with Gasteiger partial charge >= 0.3 is 0 Å². The molecule has 1 aliphatic carbocycles. The van der Waals surface area contributed by atoms with Gasteiger partial charge in [0.25, 0.3) is 0 Å². The molecule has 26 heavy (non-hydrogen) atoms. The molecule has 0 unspecified atom stereocenters. The van der Waals surface area contributed by atoms with Gasteiger partial charge in [0.2, 0.25) is 0 Å². The van der Waals surface area contributed by atoms with E-state index in [4.69, 9.17) is 0 Å². The van der Waals surface area contributed by atoms with Crippen LogP contribution in [0.15, 0.2) is 35.9 Å². The molecule has 0 saturated heterocycles. The highest BCUT2D eigenvalue weighted by Crippen LogP contribution is 2.37. The Morgan fingerprint density at radius 1 is 0.808 bits per heavy atom. The lowest BCUT2D eigenvalue weighted by molar-refractivity contribution is 1.14. The van der Waals surface area contributed by atoms with Gasteiger partial charge in [0.15, 0.2) is 0 Å². The zero-order valence-corrected chi connectivity index (χ0v) is 19.7. The van der Waals surface area contributed by atoms with Gasteiger partial charge in [-0.25, -0.2) is 0 Å². The summed E-state index contributed by atoms with van der Waals surface area (Å²) in [6.45, 7) is 19.3. The molecule has 137 valence electrons. The first-order valence-corrected chi connectivity index (χ1v) is 16.9. The second-order valence-electron chi connectivity index (χ2n) is 9.79. The van der Waals surface area contributed by atoms with E-state index in [1.807, 2.05) is 0 Å². The molecule has 1 radical (unpaired) electrons. The van der Waals surface area contributed by atoms with E-state index in [1.54, 1.807) is 10.4 Å². The Hall–Kier alpha value is -1.39. The Bertz CT molecular complexity index is 842. The molecule has 0 N–H and O–H groups in total. The summed E-state index contributed by atoms with van der Waals surface area (Å²) < 4.78 is 0. The third-order valence-corrected chi connectivity index (χ3v) is 9.50. The van der Waals surface area contributed by atoms with Crippen molar-refractivity contribution >= 4 is 32.6 Å². The van der Waals surface area contributed by atoms with Gasteiger partial charge in [0, 0.05) is 6.42 Å². The van der Waals surface area contributed by atoms with Crippen molar-refractivity contribution in [3.05, 3.63) is 59.0 Å². The van der Waals surface area contributed by atoms with Gasteiger partial charge in [-0.2, -0.15) is 0 Å². The maximum atomic E-state index is 2.53. The molecule has 3 rings (SSSR count). The van der Waals surface area contributed by atoms with Crippen LogP contribution in [0, 0.1) is 6.42 Å². The summed E-state index contributed by atoms with van der Waals surface area (Å²) >= 11 is 0. The highest BCUT2D eigenvalue weighted by Gasteiger charge is 2.25. The molecule has 0 aromatic heterocycles. The Morgan fingerprint density at radius 3 is 1.88 bits per heavy atom. The van der Waals surface area contributed by atoms with Crippen LogP contribution in [0.25, 0.3) is 17.2 Å². The molecule has 0 heterocycles. The molecule has 0 atom stereocenters. The Labute approximate surface area is 162 Å². The van der Waals surface area contributed by atoms with E-state index in [-0.39, 0.29) is 0 Å². The third kappa shape index (κ3) is 3.68. The van der Waals surface area contributed by atoms with Crippen LogP contribution >= 0.6 is 0 Å². The predicted octanol–water partition coefficient (Wildman–Crippen LogP) is 5.98. The van der Waals surface area contributed by atoms with Crippen molar-refractivity contribution in [2.24, 2.45) is 0 Å². The SMILES string of the molecule is CCc1ccc2c(c1-c1cc([Si](C)(C)C)cc([Si](C)(C)C)c1)C=C(C)[CH]2. The van der Waals surface area contributed by atoms with E-state index in [2.05, 4.69) is 96.0 Å². The number of allylic oxidation sites excluding steroid dienone is 1. The molecular weight excluding hydrogens is 344 g/mol. The summed E-state index contributed by atoms with van der Waals surface area (Å²) in [6.07, 6.45) is 5.77. The smallest absolute Gasteiger partial charge is 0.0656 e. The Balaban J connectivity index is 2.33. The lowest BCUT2D eigenvalue weighted by Gasteiger charge is -2.25. The third-order valence-electron chi connectivity index (χ3n) is 5.46. The highest BCUT2D eigenvalue weighted by atomic mass is 28.3. The van der Waals surface area contributed by atoms with E-state index in [0.717, 1.165) is 6.42 Å². The van der Waals surface area contributed by atoms with Crippen molar-refractivity contribution in [3.63, 3.8) is 0 Å². The van der Waals surface area contributed by atoms with Crippen LogP contribution < -0.4 is 10.4 Å². The summed E-state index contributed by atoms with van der Waals surface area (Å²) in [4.78, 5) is 0. The van der Waals surface area contributed by atoms with E-state index < -0.39 is 16.1 Å². The van der Waals surface area contributed by atoms with Crippen LogP contribution in [0.2, 0.25) is 39.3 Å². The largest absolute Gasteiger partial charge is 0.0776 e. The van der Waals surface area contributed by atoms with Crippen LogP contribution in [0.1, 0.15) is 30.5 Å². The molecule has 0 aliphatic heterocycles. The first-order valence-electron chi connectivity index (χ1n) is 9.86. The van der Waals surface area contributed by atoms with Crippen LogP contribution in [0.5, 0.6) is 0 Å². The number of hydrogen-bond acceptors (Lipinski definition) is 0. The minimum Gasteiger partial charge on any atom is -0.0656 e. The average Bonchev–Trinajstić information content (AvgIpc) is 2.91. The minimum absolute atomic E-state index is 1.08. The number of rotatable bonds is 4. The predicted molar refractivity (Wildman–Crippen MR) is 124 cm³/mol. The molecule has 2 heteroatoms. The molecule has 1 aliphatic rings. The first kappa shape index (κ1) is 19.4. The van der Waals surface area contributed by atoms with E-state index in [1.165, 1.54) is 33.4 Å². The van der Waals surface area contributed by atoms with Gasteiger partial charge in [-0.15, -0.1) is 0 Å². The molecule has 0 saturated carbocycles.